The second kappa shape index (κ2) is 4.70. The Balaban J connectivity index is 2.25. The summed E-state index contributed by atoms with van der Waals surface area (Å²) in [5.74, 6) is 2.32. The molecule has 1 saturated carbocycles. The Bertz CT molecular complexity index is 375. The van der Waals surface area contributed by atoms with E-state index in [0.717, 1.165) is 16.2 Å². The van der Waals surface area contributed by atoms with Gasteiger partial charge in [0.25, 0.3) is 0 Å². The molecule has 1 aliphatic carbocycles. The molecule has 0 saturated heterocycles. The smallest absolute Gasteiger partial charge is 0.134 e. The molecule has 4 heteroatoms. The molecule has 3 nitrogen and oxygen atoms in total. The topological polar surface area (TPSA) is 29.0 Å². The van der Waals surface area contributed by atoms with Gasteiger partial charge in [-0.05, 0) is 35.2 Å². The molecule has 1 aromatic rings. The Morgan fingerprint density at radius 1 is 1.38 bits per heavy atom. The van der Waals surface area contributed by atoms with Crippen molar-refractivity contribution in [2.75, 3.05) is 11.9 Å². The zero-order chi connectivity index (χ0) is 11.7. The first-order chi connectivity index (χ1) is 7.58. The third kappa shape index (κ3) is 2.37. The molecule has 1 fully saturated rings. The molecule has 2 rings (SSSR count). The minimum atomic E-state index is 0.367. The van der Waals surface area contributed by atoms with Crippen LogP contribution in [0.25, 0.3) is 0 Å². The molecule has 1 heterocycles. The minimum Gasteiger partial charge on any atom is -0.357 e. The summed E-state index contributed by atoms with van der Waals surface area (Å²) in [6.45, 7) is 4.24. The van der Waals surface area contributed by atoms with Crippen LogP contribution in [0.1, 0.15) is 44.9 Å². The van der Waals surface area contributed by atoms with Gasteiger partial charge >= 0.3 is 0 Å². The lowest BCUT2D eigenvalue weighted by molar-refractivity contribution is 0.399. The number of anilines is 1. The van der Waals surface area contributed by atoms with E-state index in [4.69, 9.17) is 0 Å². The van der Waals surface area contributed by atoms with Gasteiger partial charge in [0.05, 0.1) is 0 Å². The van der Waals surface area contributed by atoms with Gasteiger partial charge < -0.3 is 4.90 Å². The van der Waals surface area contributed by atoms with E-state index in [1.807, 2.05) is 6.07 Å². The summed E-state index contributed by atoms with van der Waals surface area (Å²) >= 11 is 3.46. The summed E-state index contributed by atoms with van der Waals surface area (Å²) in [5, 5.41) is 0. The molecule has 0 bridgehead atoms. The lowest BCUT2D eigenvalue weighted by Crippen LogP contribution is -2.37. The summed E-state index contributed by atoms with van der Waals surface area (Å²) in [6.07, 6.45) is 3.92. The third-order valence-electron chi connectivity index (χ3n) is 3.20. The van der Waals surface area contributed by atoms with Crippen molar-refractivity contribution in [3.8, 4) is 0 Å². The molecule has 0 amide bonds. The predicted molar refractivity (Wildman–Crippen MR) is 69.9 cm³/mol. The van der Waals surface area contributed by atoms with Crippen LogP contribution in [0.5, 0.6) is 0 Å². The van der Waals surface area contributed by atoms with E-state index in [0.29, 0.717) is 12.0 Å². The molecule has 0 N–H and O–H groups in total. The molecule has 16 heavy (non-hydrogen) atoms. The van der Waals surface area contributed by atoms with Crippen molar-refractivity contribution in [2.45, 2.75) is 45.1 Å². The van der Waals surface area contributed by atoms with Crippen molar-refractivity contribution < 1.29 is 0 Å². The van der Waals surface area contributed by atoms with Crippen LogP contribution in [0.3, 0.4) is 0 Å². The predicted octanol–water partition coefficient (Wildman–Crippen LogP) is 3.35. The average Bonchev–Trinajstić information content (AvgIpc) is 2.13. The van der Waals surface area contributed by atoms with Gasteiger partial charge in [0.2, 0.25) is 0 Å². The van der Waals surface area contributed by atoms with E-state index in [1.165, 1.54) is 19.3 Å². The largest absolute Gasteiger partial charge is 0.357 e. The van der Waals surface area contributed by atoms with Crippen LogP contribution in [0, 0.1) is 0 Å². The first-order valence-electron chi connectivity index (χ1n) is 5.85. The molecule has 0 aromatic carbocycles. The van der Waals surface area contributed by atoms with Crippen molar-refractivity contribution in [1.82, 2.24) is 9.97 Å². The van der Waals surface area contributed by atoms with Crippen LogP contribution in [-0.2, 0) is 0 Å². The van der Waals surface area contributed by atoms with Crippen molar-refractivity contribution in [1.29, 1.82) is 0 Å². The molecule has 0 radical (unpaired) electrons. The number of aromatic nitrogens is 2. The lowest BCUT2D eigenvalue weighted by Gasteiger charge is -2.35. The van der Waals surface area contributed by atoms with Crippen LogP contribution in [-0.4, -0.2) is 23.1 Å². The van der Waals surface area contributed by atoms with Gasteiger partial charge in [-0.3, -0.25) is 0 Å². The van der Waals surface area contributed by atoms with Crippen LogP contribution >= 0.6 is 15.9 Å². The normalized spacial score (nSPS) is 16.3. The first-order valence-corrected chi connectivity index (χ1v) is 6.64. The molecule has 1 aromatic heterocycles. The summed E-state index contributed by atoms with van der Waals surface area (Å²) in [5.41, 5.74) is 0. The highest BCUT2D eigenvalue weighted by Crippen LogP contribution is 2.28. The summed E-state index contributed by atoms with van der Waals surface area (Å²) < 4.78 is 0.882. The Morgan fingerprint density at radius 2 is 2.06 bits per heavy atom. The maximum atomic E-state index is 4.62. The average molecular weight is 284 g/mol. The van der Waals surface area contributed by atoms with Crippen molar-refractivity contribution in [3.63, 3.8) is 0 Å². The van der Waals surface area contributed by atoms with Gasteiger partial charge in [0.1, 0.15) is 16.2 Å². The highest BCUT2D eigenvalue weighted by molar-refractivity contribution is 9.10. The van der Waals surface area contributed by atoms with Crippen LogP contribution in [0.15, 0.2) is 10.7 Å². The van der Waals surface area contributed by atoms with Crippen molar-refractivity contribution >= 4 is 21.7 Å². The fraction of sp³-hybridized carbons (Fsp3) is 0.667. The Morgan fingerprint density at radius 3 is 2.56 bits per heavy atom. The standard InChI is InChI=1S/C12H18BrN3/c1-8(2)12-14-10(13)7-11(15-12)16(3)9-5-4-6-9/h7-9H,4-6H2,1-3H3. The molecule has 0 spiro atoms. The molecular formula is C12H18BrN3. The maximum Gasteiger partial charge on any atom is 0.134 e. The Hall–Kier alpha value is -0.640. The second-order valence-corrected chi connectivity index (χ2v) is 5.57. The molecule has 0 atom stereocenters. The SMILES string of the molecule is CC(C)c1nc(Br)cc(N(C)C2CCC2)n1. The van der Waals surface area contributed by atoms with Gasteiger partial charge in [0, 0.05) is 25.1 Å². The summed E-state index contributed by atoms with van der Waals surface area (Å²) in [4.78, 5) is 11.3. The molecular weight excluding hydrogens is 266 g/mol. The summed E-state index contributed by atoms with van der Waals surface area (Å²) in [6, 6.07) is 2.67. The van der Waals surface area contributed by atoms with Gasteiger partial charge in [-0.15, -0.1) is 0 Å². The van der Waals surface area contributed by atoms with Crippen molar-refractivity contribution in [2.24, 2.45) is 0 Å². The van der Waals surface area contributed by atoms with Gasteiger partial charge in [-0.25, -0.2) is 9.97 Å². The highest BCUT2D eigenvalue weighted by Gasteiger charge is 2.23. The zero-order valence-electron chi connectivity index (χ0n) is 10.1. The summed E-state index contributed by atoms with van der Waals surface area (Å²) in [7, 11) is 2.13. The highest BCUT2D eigenvalue weighted by atomic mass is 79.9. The lowest BCUT2D eigenvalue weighted by atomic mass is 9.92. The fourth-order valence-corrected chi connectivity index (χ4v) is 2.21. The van der Waals surface area contributed by atoms with E-state index in [2.05, 4.69) is 51.7 Å². The van der Waals surface area contributed by atoms with Crippen LogP contribution in [0.4, 0.5) is 5.82 Å². The van der Waals surface area contributed by atoms with Gasteiger partial charge in [0.15, 0.2) is 0 Å². The van der Waals surface area contributed by atoms with E-state index >= 15 is 0 Å². The van der Waals surface area contributed by atoms with E-state index in [9.17, 15) is 0 Å². The minimum absolute atomic E-state index is 0.367. The van der Waals surface area contributed by atoms with E-state index in [-0.39, 0.29) is 0 Å². The quantitative estimate of drug-likeness (QED) is 0.797. The first kappa shape index (κ1) is 11.8. The van der Waals surface area contributed by atoms with E-state index < -0.39 is 0 Å². The number of halogens is 1. The van der Waals surface area contributed by atoms with Gasteiger partial charge in [-0.1, -0.05) is 13.8 Å². The fourth-order valence-electron chi connectivity index (χ4n) is 1.82. The second-order valence-electron chi connectivity index (χ2n) is 4.76. The Labute approximate surface area is 105 Å². The number of nitrogens with zero attached hydrogens (tertiary/aromatic N) is 3. The van der Waals surface area contributed by atoms with Crippen molar-refractivity contribution in [3.05, 3.63) is 16.5 Å². The Kier molecular flexibility index (Phi) is 3.47. The molecule has 1 aliphatic rings. The molecule has 0 aliphatic heterocycles. The molecule has 88 valence electrons. The maximum absolute atomic E-state index is 4.62. The molecule has 0 unspecified atom stereocenters. The number of hydrogen-bond acceptors (Lipinski definition) is 3. The van der Waals surface area contributed by atoms with Gasteiger partial charge in [-0.2, -0.15) is 0 Å². The number of hydrogen-bond donors (Lipinski definition) is 0. The van der Waals surface area contributed by atoms with Crippen LogP contribution < -0.4 is 4.90 Å². The monoisotopic (exact) mass is 283 g/mol. The van der Waals surface area contributed by atoms with E-state index in [1.54, 1.807) is 0 Å². The van der Waals surface area contributed by atoms with Crippen LogP contribution in [0.2, 0.25) is 0 Å². The third-order valence-corrected chi connectivity index (χ3v) is 3.61. The zero-order valence-corrected chi connectivity index (χ0v) is 11.7. The number of rotatable bonds is 3.